The van der Waals surface area contributed by atoms with E-state index in [0.29, 0.717) is 23.6 Å². The van der Waals surface area contributed by atoms with Gasteiger partial charge < -0.3 is 16.2 Å². The Kier molecular flexibility index (Phi) is 2.90. The Balaban J connectivity index is 1.92. The molecule has 2 aromatic heterocycles. The number of anilines is 2. The molecule has 0 spiro atoms. The van der Waals surface area contributed by atoms with Crippen LogP contribution in [0.1, 0.15) is 11.3 Å². The van der Waals surface area contributed by atoms with Crippen LogP contribution in [0.3, 0.4) is 0 Å². The molecular formula is C14H15N5O. The lowest BCUT2D eigenvalue weighted by Crippen LogP contribution is -2.00. The lowest BCUT2D eigenvalue weighted by Gasteiger charge is -2.01. The van der Waals surface area contributed by atoms with Crippen LogP contribution in [-0.2, 0) is 6.42 Å². The van der Waals surface area contributed by atoms with Gasteiger partial charge in [0, 0.05) is 12.5 Å². The van der Waals surface area contributed by atoms with Crippen molar-refractivity contribution in [3.05, 3.63) is 47.8 Å². The van der Waals surface area contributed by atoms with Gasteiger partial charge in [0.25, 0.3) is 0 Å². The zero-order valence-electron chi connectivity index (χ0n) is 11.1. The number of aromatic nitrogens is 3. The Labute approximate surface area is 116 Å². The van der Waals surface area contributed by atoms with Crippen molar-refractivity contribution < 1.29 is 4.74 Å². The maximum absolute atomic E-state index is 5.88. The summed E-state index contributed by atoms with van der Waals surface area (Å²) in [5.74, 6) is 1.21. The van der Waals surface area contributed by atoms with E-state index in [0.717, 1.165) is 17.0 Å². The highest BCUT2D eigenvalue weighted by Gasteiger charge is 2.07. The van der Waals surface area contributed by atoms with Crippen LogP contribution in [0.2, 0.25) is 0 Å². The number of rotatable bonds is 3. The monoisotopic (exact) mass is 269 g/mol. The fraction of sp³-hybridized carbons (Fsp3) is 0.143. The quantitative estimate of drug-likeness (QED) is 0.751. The summed E-state index contributed by atoms with van der Waals surface area (Å²) in [6.45, 7) is 0. The molecule has 0 amide bonds. The number of imidazole rings is 1. The van der Waals surface area contributed by atoms with Crippen LogP contribution in [0.25, 0.3) is 5.65 Å². The summed E-state index contributed by atoms with van der Waals surface area (Å²) < 4.78 is 6.75. The molecule has 0 aliphatic heterocycles. The molecule has 0 unspecified atom stereocenters. The third-order valence-corrected chi connectivity index (χ3v) is 3.07. The molecule has 0 aliphatic rings. The summed E-state index contributed by atoms with van der Waals surface area (Å²) in [5, 5.41) is 4.16. The van der Waals surface area contributed by atoms with Crippen molar-refractivity contribution in [1.29, 1.82) is 0 Å². The van der Waals surface area contributed by atoms with Gasteiger partial charge in [-0.15, -0.1) is 5.10 Å². The van der Waals surface area contributed by atoms with Crippen molar-refractivity contribution in [3.63, 3.8) is 0 Å². The highest BCUT2D eigenvalue weighted by atomic mass is 16.5. The number of benzene rings is 1. The van der Waals surface area contributed by atoms with E-state index in [2.05, 4.69) is 10.1 Å². The summed E-state index contributed by atoms with van der Waals surface area (Å²) in [6, 6.07) is 9.48. The Bertz CT molecular complexity index is 748. The van der Waals surface area contributed by atoms with E-state index in [-0.39, 0.29) is 0 Å². The van der Waals surface area contributed by atoms with Gasteiger partial charge in [0.2, 0.25) is 0 Å². The molecule has 0 bridgehead atoms. The molecule has 0 atom stereocenters. The predicted octanol–water partition coefficient (Wildman–Crippen LogP) is 1.49. The van der Waals surface area contributed by atoms with Crippen molar-refractivity contribution in [2.24, 2.45) is 0 Å². The van der Waals surface area contributed by atoms with Gasteiger partial charge in [-0.05, 0) is 17.7 Å². The van der Waals surface area contributed by atoms with E-state index in [9.17, 15) is 0 Å². The largest absolute Gasteiger partial charge is 0.497 e. The van der Waals surface area contributed by atoms with Gasteiger partial charge >= 0.3 is 0 Å². The molecule has 1 aromatic carbocycles. The van der Waals surface area contributed by atoms with Crippen molar-refractivity contribution >= 4 is 17.2 Å². The molecule has 3 rings (SSSR count). The summed E-state index contributed by atoms with van der Waals surface area (Å²) in [4.78, 5) is 4.48. The number of nitrogens with zero attached hydrogens (tertiary/aromatic N) is 3. The van der Waals surface area contributed by atoms with Crippen LogP contribution in [0.15, 0.2) is 36.5 Å². The Hall–Kier alpha value is -2.76. The molecule has 2 heterocycles. The molecule has 3 aromatic rings. The summed E-state index contributed by atoms with van der Waals surface area (Å²) in [5.41, 5.74) is 14.7. The topological polar surface area (TPSA) is 91.5 Å². The molecule has 6 heteroatoms. The van der Waals surface area contributed by atoms with Crippen molar-refractivity contribution in [1.82, 2.24) is 14.6 Å². The van der Waals surface area contributed by atoms with Gasteiger partial charge in [0.05, 0.1) is 24.7 Å². The van der Waals surface area contributed by atoms with E-state index in [1.54, 1.807) is 17.7 Å². The van der Waals surface area contributed by atoms with E-state index in [1.807, 2.05) is 30.5 Å². The first-order valence-corrected chi connectivity index (χ1v) is 6.19. The van der Waals surface area contributed by atoms with Gasteiger partial charge in [-0.25, -0.2) is 9.50 Å². The lowest BCUT2D eigenvalue weighted by molar-refractivity contribution is 0.414. The minimum Gasteiger partial charge on any atom is -0.497 e. The number of nitrogens with two attached hydrogens (primary N) is 2. The number of methoxy groups -OCH3 is 1. The molecule has 0 saturated heterocycles. The predicted molar refractivity (Wildman–Crippen MR) is 77.6 cm³/mol. The second kappa shape index (κ2) is 4.73. The zero-order chi connectivity index (χ0) is 14.1. The van der Waals surface area contributed by atoms with E-state index in [1.165, 1.54) is 0 Å². The SMILES string of the molecule is COc1ccc(Cc2cn3nc(N)cc(N)c3n2)cc1. The van der Waals surface area contributed by atoms with Gasteiger partial charge in [-0.1, -0.05) is 12.1 Å². The summed E-state index contributed by atoms with van der Waals surface area (Å²) in [7, 11) is 1.65. The molecule has 0 fully saturated rings. The highest BCUT2D eigenvalue weighted by Crippen LogP contribution is 2.18. The number of fused-ring (bicyclic) bond motifs is 1. The van der Waals surface area contributed by atoms with Crippen LogP contribution in [0, 0.1) is 0 Å². The van der Waals surface area contributed by atoms with Crippen LogP contribution in [0.4, 0.5) is 11.5 Å². The maximum atomic E-state index is 5.88. The van der Waals surface area contributed by atoms with Crippen molar-refractivity contribution in [3.8, 4) is 5.75 Å². The van der Waals surface area contributed by atoms with Crippen molar-refractivity contribution in [2.75, 3.05) is 18.6 Å². The van der Waals surface area contributed by atoms with Crippen LogP contribution < -0.4 is 16.2 Å². The van der Waals surface area contributed by atoms with Crippen LogP contribution >= 0.6 is 0 Å². The number of ether oxygens (including phenoxy) is 1. The average molecular weight is 269 g/mol. The van der Waals surface area contributed by atoms with Gasteiger partial charge in [-0.3, -0.25) is 0 Å². The molecule has 6 nitrogen and oxygen atoms in total. The van der Waals surface area contributed by atoms with Crippen molar-refractivity contribution in [2.45, 2.75) is 6.42 Å². The first-order chi connectivity index (χ1) is 9.65. The normalized spacial score (nSPS) is 10.8. The number of nitrogen functional groups attached to an aromatic ring is 2. The first-order valence-electron chi connectivity index (χ1n) is 6.19. The molecule has 0 radical (unpaired) electrons. The Morgan fingerprint density at radius 3 is 2.65 bits per heavy atom. The Morgan fingerprint density at radius 1 is 1.20 bits per heavy atom. The van der Waals surface area contributed by atoms with Crippen LogP contribution in [0.5, 0.6) is 5.75 Å². The number of hydrogen-bond acceptors (Lipinski definition) is 5. The smallest absolute Gasteiger partial charge is 0.177 e. The third-order valence-electron chi connectivity index (χ3n) is 3.07. The van der Waals surface area contributed by atoms with Gasteiger partial charge in [0.1, 0.15) is 11.6 Å². The molecule has 0 aliphatic carbocycles. The van der Waals surface area contributed by atoms with Gasteiger partial charge in [0.15, 0.2) is 5.65 Å². The Morgan fingerprint density at radius 2 is 1.95 bits per heavy atom. The molecule has 4 N–H and O–H groups in total. The molecule has 102 valence electrons. The molecular weight excluding hydrogens is 254 g/mol. The van der Waals surface area contributed by atoms with Crippen LogP contribution in [-0.4, -0.2) is 21.7 Å². The second-order valence-corrected chi connectivity index (χ2v) is 4.55. The molecule has 0 saturated carbocycles. The second-order valence-electron chi connectivity index (χ2n) is 4.55. The summed E-state index contributed by atoms with van der Waals surface area (Å²) >= 11 is 0. The van der Waals surface area contributed by atoms with Gasteiger partial charge in [-0.2, -0.15) is 0 Å². The minimum absolute atomic E-state index is 0.378. The zero-order valence-corrected chi connectivity index (χ0v) is 11.1. The summed E-state index contributed by atoms with van der Waals surface area (Å²) in [6.07, 6.45) is 2.54. The van der Waals surface area contributed by atoms with E-state index >= 15 is 0 Å². The minimum atomic E-state index is 0.378. The number of hydrogen-bond donors (Lipinski definition) is 2. The highest BCUT2D eigenvalue weighted by molar-refractivity contribution is 5.67. The van der Waals surface area contributed by atoms with E-state index in [4.69, 9.17) is 16.2 Å². The first kappa shape index (κ1) is 12.3. The maximum Gasteiger partial charge on any atom is 0.177 e. The average Bonchev–Trinajstić information content (AvgIpc) is 2.82. The third kappa shape index (κ3) is 2.23. The van der Waals surface area contributed by atoms with E-state index < -0.39 is 0 Å². The molecule has 20 heavy (non-hydrogen) atoms. The lowest BCUT2D eigenvalue weighted by atomic mass is 10.1. The fourth-order valence-electron chi connectivity index (χ4n) is 2.11. The fourth-order valence-corrected chi connectivity index (χ4v) is 2.11. The standard InChI is InChI=1S/C14H15N5O/c1-20-11-4-2-9(3-5-11)6-10-8-19-14(17-10)12(15)7-13(16)18-19/h2-5,7-8H,6,15H2,1H3,(H2,16,18).